The summed E-state index contributed by atoms with van der Waals surface area (Å²) in [6.45, 7) is 4.27. The van der Waals surface area contributed by atoms with Gasteiger partial charge in [-0.15, -0.1) is 11.3 Å². The molecule has 0 spiro atoms. The van der Waals surface area contributed by atoms with Crippen LogP contribution in [0.4, 0.5) is 0 Å². The highest BCUT2D eigenvalue weighted by molar-refractivity contribution is 7.89. The molecule has 2 aliphatic rings. The SMILES string of the molecule is COC(=O)c1sccc1S(=O)(=O)N1CCN(S(=O)(=O)N2CC(C)OC(C)C2)CC1. The number of carbonyl (C=O) groups is 1. The minimum Gasteiger partial charge on any atom is -0.465 e. The van der Waals surface area contributed by atoms with Crippen molar-refractivity contribution in [2.24, 2.45) is 0 Å². The van der Waals surface area contributed by atoms with E-state index in [-0.39, 0.29) is 61.2 Å². The second kappa shape index (κ2) is 8.57. The Bertz CT molecular complexity index is 942. The maximum atomic E-state index is 13.0. The second-order valence-corrected chi connectivity index (χ2v) is 11.7. The first-order chi connectivity index (χ1) is 13.6. The Morgan fingerprint density at radius 1 is 1.03 bits per heavy atom. The van der Waals surface area contributed by atoms with E-state index in [9.17, 15) is 21.6 Å². The van der Waals surface area contributed by atoms with Crippen molar-refractivity contribution in [3.05, 3.63) is 16.3 Å². The molecule has 2 saturated heterocycles. The minimum absolute atomic E-state index is 0.00741. The van der Waals surface area contributed by atoms with Gasteiger partial charge < -0.3 is 9.47 Å². The number of ether oxygens (including phenoxy) is 2. The van der Waals surface area contributed by atoms with E-state index < -0.39 is 26.2 Å². The van der Waals surface area contributed by atoms with Crippen LogP contribution in [0.1, 0.15) is 23.5 Å². The largest absolute Gasteiger partial charge is 0.465 e. The Hall–Kier alpha value is -1.09. The van der Waals surface area contributed by atoms with E-state index in [4.69, 9.17) is 4.74 Å². The molecule has 0 aliphatic carbocycles. The minimum atomic E-state index is -3.93. The van der Waals surface area contributed by atoms with Crippen molar-refractivity contribution >= 4 is 37.5 Å². The van der Waals surface area contributed by atoms with Crippen LogP contribution in [0.2, 0.25) is 0 Å². The molecule has 0 radical (unpaired) electrons. The van der Waals surface area contributed by atoms with Crippen LogP contribution in [0.5, 0.6) is 0 Å². The van der Waals surface area contributed by atoms with Crippen LogP contribution in [-0.4, -0.2) is 94.3 Å². The van der Waals surface area contributed by atoms with E-state index in [1.165, 1.54) is 31.5 Å². The predicted molar refractivity (Wildman–Crippen MR) is 106 cm³/mol. The first-order valence-corrected chi connectivity index (χ1v) is 12.9. The Kier molecular flexibility index (Phi) is 6.68. The molecule has 2 atom stereocenters. The summed E-state index contributed by atoms with van der Waals surface area (Å²) in [5, 5.41) is 1.51. The predicted octanol–water partition coefficient (Wildman–Crippen LogP) is 0.195. The van der Waals surface area contributed by atoms with Gasteiger partial charge in [-0.3, -0.25) is 0 Å². The number of esters is 1. The van der Waals surface area contributed by atoms with E-state index in [1.807, 2.05) is 13.8 Å². The molecule has 1 aromatic heterocycles. The number of thiophene rings is 1. The lowest BCUT2D eigenvalue weighted by atomic mass is 10.3. The summed E-state index contributed by atoms with van der Waals surface area (Å²) in [7, 11) is -6.44. The summed E-state index contributed by atoms with van der Waals surface area (Å²) in [6.07, 6.45) is -0.406. The number of rotatable bonds is 5. The third-order valence-electron chi connectivity index (χ3n) is 4.85. The van der Waals surface area contributed by atoms with E-state index in [2.05, 4.69) is 4.74 Å². The van der Waals surface area contributed by atoms with Crippen molar-refractivity contribution in [3.63, 3.8) is 0 Å². The van der Waals surface area contributed by atoms with Gasteiger partial charge in [-0.1, -0.05) is 0 Å². The van der Waals surface area contributed by atoms with Gasteiger partial charge in [0.05, 0.1) is 19.3 Å². The maximum Gasteiger partial charge on any atom is 0.349 e. The van der Waals surface area contributed by atoms with Gasteiger partial charge in [0.15, 0.2) is 0 Å². The van der Waals surface area contributed by atoms with Gasteiger partial charge in [0, 0.05) is 39.3 Å². The monoisotopic (exact) mass is 467 g/mol. The van der Waals surface area contributed by atoms with Crippen LogP contribution in [0, 0.1) is 0 Å². The lowest BCUT2D eigenvalue weighted by Gasteiger charge is -2.39. The molecular formula is C16H25N3O7S3. The number of hydrogen-bond donors (Lipinski definition) is 0. The fourth-order valence-electron chi connectivity index (χ4n) is 3.50. The Labute approximate surface area is 175 Å². The molecule has 0 N–H and O–H groups in total. The quantitative estimate of drug-likeness (QED) is 0.568. The number of morpholine rings is 1. The number of nitrogens with zero attached hydrogens (tertiary/aromatic N) is 3. The number of piperazine rings is 1. The molecule has 13 heteroatoms. The van der Waals surface area contributed by atoms with Gasteiger partial charge in [-0.2, -0.15) is 21.3 Å². The average molecular weight is 468 g/mol. The third kappa shape index (κ3) is 4.50. The van der Waals surface area contributed by atoms with Crippen molar-refractivity contribution in [2.45, 2.75) is 31.0 Å². The van der Waals surface area contributed by atoms with Crippen LogP contribution in [0.3, 0.4) is 0 Å². The normalized spacial score (nSPS) is 25.8. The Balaban J connectivity index is 1.72. The Morgan fingerprint density at radius 3 is 2.14 bits per heavy atom. The zero-order chi connectivity index (χ0) is 21.4. The fraction of sp³-hybridized carbons (Fsp3) is 0.688. The standard InChI is InChI=1S/C16H25N3O7S3/c1-12-10-19(11-13(2)26-12)29(23,24)18-7-5-17(6-8-18)28(21,22)14-4-9-27-15(14)16(20)25-3/h4,9,12-13H,5-8,10-11H2,1-3H3. The van der Waals surface area contributed by atoms with Crippen molar-refractivity contribution in [2.75, 3.05) is 46.4 Å². The second-order valence-electron chi connectivity index (χ2n) is 6.99. The van der Waals surface area contributed by atoms with Crippen molar-refractivity contribution in [1.82, 2.24) is 12.9 Å². The lowest BCUT2D eigenvalue weighted by Crippen LogP contribution is -2.57. The summed E-state index contributed by atoms with van der Waals surface area (Å²) < 4.78 is 66.0. The molecule has 0 aromatic carbocycles. The smallest absolute Gasteiger partial charge is 0.349 e. The van der Waals surface area contributed by atoms with Crippen LogP contribution >= 0.6 is 11.3 Å². The lowest BCUT2D eigenvalue weighted by molar-refractivity contribution is -0.0456. The molecule has 2 unspecified atom stereocenters. The number of sulfonamides is 1. The average Bonchev–Trinajstić information content (AvgIpc) is 3.17. The first-order valence-electron chi connectivity index (χ1n) is 9.14. The number of methoxy groups -OCH3 is 1. The zero-order valence-corrected chi connectivity index (χ0v) is 18.9. The molecule has 3 rings (SSSR count). The van der Waals surface area contributed by atoms with Gasteiger partial charge in [-0.25, -0.2) is 13.2 Å². The summed E-state index contributed by atoms with van der Waals surface area (Å²) in [5.41, 5.74) is 0. The number of hydrogen-bond acceptors (Lipinski definition) is 8. The van der Waals surface area contributed by atoms with Gasteiger partial charge in [-0.05, 0) is 25.3 Å². The van der Waals surface area contributed by atoms with Crippen LogP contribution < -0.4 is 0 Å². The molecule has 0 saturated carbocycles. The third-order valence-corrected chi connectivity index (χ3v) is 9.79. The highest BCUT2D eigenvalue weighted by Gasteiger charge is 2.39. The van der Waals surface area contributed by atoms with E-state index in [1.54, 1.807) is 0 Å². The van der Waals surface area contributed by atoms with E-state index in [0.29, 0.717) is 0 Å². The molecule has 10 nitrogen and oxygen atoms in total. The molecule has 0 bridgehead atoms. The van der Waals surface area contributed by atoms with Gasteiger partial charge in [0.1, 0.15) is 9.77 Å². The van der Waals surface area contributed by atoms with E-state index in [0.717, 1.165) is 11.3 Å². The van der Waals surface area contributed by atoms with Crippen LogP contribution in [0.25, 0.3) is 0 Å². The van der Waals surface area contributed by atoms with Gasteiger partial charge >= 0.3 is 5.97 Å². The summed E-state index contributed by atoms with van der Waals surface area (Å²) in [5.74, 6) is -0.713. The highest BCUT2D eigenvalue weighted by atomic mass is 32.2. The van der Waals surface area contributed by atoms with Crippen molar-refractivity contribution in [3.8, 4) is 0 Å². The van der Waals surface area contributed by atoms with Crippen LogP contribution in [-0.2, 0) is 29.7 Å². The molecule has 29 heavy (non-hydrogen) atoms. The molecule has 1 aromatic rings. The molecular weight excluding hydrogens is 442 g/mol. The molecule has 2 aliphatic heterocycles. The zero-order valence-electron chi connectivity index (χ0n) is 16.5. The summed E-state index contributed by atoms with van der Waals surface area (Å²) in [4.78, 5) is 11.7. The van der Waals surface area contributed by atoms with E-state index >= 15 is 0 Å². The topological polar surface area (TPSA) is 114 Å². The molecule has 0 amide bonds. The molecule has 3 heterocycles. The fourth-order valence-corrected chi connectivity index (χ4v) is 7.98. The summed E-state index contributed by atoms with van der Waals surface area (Å²) >= 11 is 0.992. The first kappa shape index (κ1) is 22.6. The maximum absolute atomic E-state index is 13.0. The highest BCUT2D eigenvalue weighted by Crippen LogP contribution is 2.27. The number of carbonyl (C=O) groups excluding carboxylic acids is 1. The molecule has 2 fully saturated rings. The van der Waals surface area contributed by atoms with Gasteiger partial charge in [0.2, 0.25) is 10.0 Å². The summed E-state index contributed by atoms with van der Waals surface area (Å²) in [6, 6.07) is 1.37. The van der Waals surface area contributed by atoms with Crippen molar-refractivity contribution in [1.29, 1.82) is 0 Å². The van der Waals surface area contributed by atoms with Crippen molar-refractivity contribution < 1.29 is 31.1 Å². The van der Waals surface area contributed by atoms with Gasteiger partial charge in [0.25, 0.3) is 10.2 Å². The molecule has 164 valence electrons. The van der Waals surface area contributed by atoms with Crippen LogP contribution in [0.15, 0.2) is 16.3 Å². The Morgan fingerprint density at radius 2 is 1.59 bits per heavy atom.